The van der Waals surface area contributed by atoms with Crippen molar-refractivity contribution in [2.24, 2.45) is 0 Å². The number of rotatable bonds is 0. The van der Waals surface area contributed by atoms with Crippen LogP contribution in [0, 0.1) is 0 Å². The minimum atomic E-state index is 0.0713. The largest absolute Gasteiger partial charge is 0.355 e. The maximum absolute atomic E-state index is 11.6. The predicted molar refractivity (Wildman–Crippen MR) is 58.8 cm³/mol. The van der Waals surface area contributed by atoms with Crippen molar-refractivity contribution in [2.45, 2.75) is 31.1 Å². The van der Waals surface area contributed by atoms with E-state index >= 15 is 0 Å². The third kappa shape index (κ3) is 1.21. The molecular weight excluding hydrogens is 186 g/mol. The Morgan fingerprint density at radius 1 is 1.40 bits per heavy atom. The summed E-state index contributed by atoms with van der Waals surface area (Å²) in [5.74, 6) is 0.729. The molecule has 1 N–H and O–H groups in total. The molecule has 1 saturated heterocycles. The molecule has 1 aliphatic carbocycles. The van der Waals surface area contributed by atoms with Crippen LogP contribution in [0.5, 0.6) is 0 Å². The first-order valence-corrected chi connectivity index (χ1v) is 5.55. The summed E-state index contributed by atoms with van der Waals surface area (Å²) in [4.78, 5) is 11.6. The summed E-state index contributed by atoms with van der Waals surface area (Å²) < 4.78 is 0. The van der Waals surface area contributed by atoms with Gasteiger partial charge in [-0.15, -0.1) is 0 Å². The minimum Gasteiger partial charge on any atom is -0.355 e. The quantitative estimate of drug-likeness (QED) is 0.683. The fourth-order valence-corrected chi connectivity index (χ4v) is 3.17. The number of nitrogens with one attached hydrogen (secondary N) is 1. The smallest absolute Gasteiger partial charge is 0.220 e. The van der Waals surface area contributed by atoms with Gasteiger partial charge in [-0.1, -0.05) is 31.2 Å². The van der Waals surface area contributed by atoms with Crippen LogP contribution in [0.3, 0.4) is 0 Å². The molecule has 2 unspecified atom stereocenters. The molecule has 2 aliphatic rings. The van der Waals surface area contributed by atoms with Crippen molar-refractivity contribution in [1.29, 1.82) is 0 Å². The number of carbonyl (C=O) groups is 1. The lowest BCUT2D eigenvalue weighted by molar-refractivity contribution is -0.121. The highest BCUT2D eigenvalue weighted by Crippen LogP contribution is 2.48. The Labute approximate surface area is 89.7 Å². The van der Waals surface area contributed by atoms with Crippen molar-refractivity contribution < 1.29 is 4.79 Å². The molecule has 2 nitrogen and oxygen atoms in total. The van der Waals surface area contributed by atoms with Crippen molar-refractivity contribution in [1.82, 2.24) is 5.32 Å². The molecule has 15 heavy (non-hydrogen) atoms. The van der Waals surface area contributed by atoms with Crippen molar-refractivity contribution >= 4 is 5.91 Å². The first kappa shape index (κ1) is 8.96. The van der Waals surface area contributed by atoms with E-state index in [1.54, 1.807) is 0 Å². The number of hydrogen-bond donors (Lipinski definition) is 1. The number of fused-ring (bicyclic) bond motifs is 5. The van der Waals surface area contributed by atoms with E-state index in [9.17, 15) is 4.79 Å². The van der Waals surface area contributed by atoms with Gasteiger partial charge >= 0.3 is 0 Å². The summed E-state index contributed by atoms with van der Waals surface area (Å²) in [7, 11) is 0. The Hall–Kier alpha value is -1.31. The molecular formula is C13H15NO. The summed E-state index contributed by atoms with van der Waals surface area (Å²) in [6, 6.07) is 8.58. The molecule has 1 fully saturated rings. The van der Waals surface area contributed by atoms with E-state index in [-0.39, 0.29) is 11.3 Å². The first-order chi connectivity index (χ1) is 7.19. The highest BCUT2D eigenvalue weighted by atomic mass is 16.1. The molecule has 0 saturated carbocycles. The van der Waals surface area contributed by atoms with Crippen LogP contribution < -0.4 is 5.32 Å². The third-order valence-corrected chi connectivity index (χ3v) is 3.84. The van der Waals surface area contributed by atoms with E-state index in [0.29, 0.717) is 12.3 Å². The molecule has 2 atom stereocenters. The number of hydrogen-bond acceptors (Lipinski definition) is 1. The zero-order valence-electron chi connectivity index (χ0n) is 8.92. The summed E-state index contributed by atoms with van der Waals surface area (Å²) in [5, 5.41) is 3.00. The van der Waals surface area contributed by atoms with Gasteiger partial charge in [0, 0.05) is 24.3 Å². The fourth-order valence-electron chi connectivity index (χ4n) is 3.17. The van der Waals surface area contributed by atoms with Gasteiger partial charge in [0.25, 0.3) is 0 Å². The first-order valence-electron chi connectivity index (χ1n) is 5.55. The lowest BCUT2D eigenvalue weighted by Gasteiger charge is -2.23. The van der Waals surface area contributed by atoms with Crippen molar-refractivity contribution in [3.8, 4) is 0 Å². The van der Waals surface area contributed by atoms with Crippen LogP contribution in [-0.4, -0.2) is 12.5 Å². The van der Waals surface area contributed by atoms with Crippen LogP contribution in [0.2, 0.25) is 0 Å². The Bertz CT molecular complexity index is 426. The fraction of sp³-hybridized carbons (Fsp3) is 0.462. The third-order valence-electron chi connectivity index (χ3n) is 3.84. The molecule has 78 valence electrons. The van der Waals surface area contributed by atoms with Crippen molar-refractivity contribution in [3.63, 3.8) is 0 Å². The van der Waals surface area contributed by atoms with Crippen LogP contribution in [0.4, 0.5) is 0 Å². The average Bonchev–Trinajstić information content (AvgIpc) is 2.38. The molecule has 0 radical (unpaired) electrons. The molecule has 1 aromatic rings. The maximum atomic E-state index is 11.6. The molecule has 1 aliphatic heterocycles. The van der Waals surface area contributed by atoms with Gasteiger partial charge in [-0.3, -0.25) is 4.79 Å². The predicted octanol–water partition coefficient (Wildman–Crippen LogP) is 1.95. The molecule has 3 rings (SSSR count). The second-order valence-corrected chi connectivity index (χ2v) is 5.03. The molecule has 1 heterocycles. The molecule has 1 aromatic carbocycles. The molecule has 1 amide bonds. The Balaban J connectivity index is 2.16. The normalized spacial score (nSPS) is 33.1. The lowest BCUT2D eigenvalue weighted by Crippen LogP contribution is -2.30. The van der Waals surface area contributed by atoms with E-state index < -0.39 is 0 Å². The van der Waals surface area contributed by atoms with Gasteiger partial charge in [0.15, 0.2) is 0 Å². The van der Waals surface area contributed by atoms with E-state index in [4.69, 9.17) is 0 Å². The topological polar surface area (TPSA) is 29.1 Å². The van der Waals surface area contributed by atoms with E-state index in [1.807, 2.05) is 0 Å². The molecule has 0 aromatic heterocycles. The van der Waals surface area contributed by atoms with Crippen molar-refractivity contribution in [2.75, 3.05) is 6.54 Å². The van der Waals surface area contributed by atoms with Crippen LogP contribution in [0.15, 0.2) is 24.3 Å². The Kier molecular flexibility index (Phi) is 1.70. The second kappa shape index (κ2) is 2.84. The zero-order chi connectivity index (χ0) is 10.5. The highest BCUT2D eigenvalue weighted by molar-refractivity contribution is 5.79. The molecule has 2 heteroatoms. The Morgan fingerprint density at radius 2 is 2.20 bits per heavy atom. The monoisotopic (exact) mass is 201 g/mol. The Morgan fingerprint density at radius 3 is 3.07 bits per heavy atom. The van der Waals surface area contributed by atoms with Crippen molar-refractivity contribution in [3.05, 3.63) is 35.4 Å². The van der Waals surface area contributed by atoms with Gasteiger partial charge < -0.3 is 5.32 Å². The average molecular weight is 201 g/mol. The summed E-state index contributed by atoms with van der Waals surface area (Å²) in [6.07, 6.45) is 1.76. The summed E-state index contributed by atoms with van der Waals surface area (Å²) >= 11 is 0. The zero-order valence-corrected chi connectivity index (χ0v) is 8.92. The van der Waals surface area contributed by atoms with Crippen LogP contribution in [0.25, 0.3) is 0 Å². The van der Waals surface area contributed by atoms with Gasteiger partial charge in [-0.25, -0.2) is 0 Å². The lowest BCUT2D eigenvalue weighted by atomic mass is 9.80. The van der Waals surface area contributed by atoms with Crippen LogP contribution >= 0.6 is 0 Å². The van der Waals surface area contributed by atoms with E-state index in [1.165, 1.54) is 11.1 Å². The SMILES string of the molecule is CC12CC(=O)NCC(C1)c1ccccc12. The highest BCUT2D eigenvalue weighted by Gasteiger charge is 2.43. The van der Waals surface area contributed by atoms with Gasteiger partial charge in [0.2, 0.25) is 5.91 Å². The minimum absolute atomic E-state index is 0.0713. The van der Waals surface area contributed by atoms with E-state index in [2.05, 4.69) is 36.5 Å². The van der Waals surface area contributed by atoms with E-state index in [0.717, 1.165) is 13.0 Å². The van der Waals surface area contributed by atoms with Crippen LogP contribution in [-0.2, 0) is 10.2 Å². The number of benzene rings is 1. The maximum Gasteiger partial charge on any atom is 0.220 e. The number of carbonyl (C=O) groups excluding carboxylic acids is 1. The molecule has 0 spiro atoms. The summed E-state index contributed by atoms with van der Waals surface area (Å²) in [6.45, 7) is 3.03. The van der Waals surface area contributed by atoms with Gasteiger partial charge in [0.1, 0.15) is 0 Å². The van der Waals surface area contributed by atoms with Crippen LogP contribution in [0.1, 0.15) is 36.8 Å². The van der Waals surface area contributed by atoms with Gasteiger partial charge in [0.05, 0.1) is 0 Å². The van der Waals surface area contributed by atoms with Gasteiger partial charge in [-0.2, -0.15) is 0 Å². The second-order valence-electron chi connectivity index (χ2n) is 5.03. The summed E-state index contributed by atoms with van der Waals surface area (Å²) in [5.41, 5.74) is 2.91. The standard InChI is InChI=1S/C13H15NO/c1-13-6-9(8-14-12(15)7-13)10-4-2-3-5-11(10)13/h2-5,9H,6-8H2,1H3,(H,14,15). The molecule has 2 bridgehead atoms. The van der Waals surface area contributed by atoms with Gasteiger partial charge in [-0.05, 0) is 17.5 Å². The number of amides is 1.